The van der Waals surface area contributed by atoms with E-state index >= 15 is 0 Å². The van der Waals surface area contributed by atoms with Crippen LogP contribution in [-0.2, 0) is 19.4 Å². The Balaban J connectivity index is 1.52. The quantitative estimate of drug-likeness (QED) is 0.441. The van der Waals surface area contributed by atoms with E-state index < -0.39 is 15.9 Å². The molecular formula is C28H29N3O6S. The maximum Gasteiger partial charge on any atom is 0.260 e. The minimum absolute atomic E-state index is 0.0667. The normalized spacial score (nSPS) is 15.6. The van der Waals surface area contributed by atoms with E-state index in [2.05, 4.69) is 5.32 Å². The highest BCUT2D eigenvalue weighted by Crippen LogP contribution is 2.29. The molecule has 0 bridgehead atoms. The van der Waals surface area contributed by atoms with Crippen molar-refractivity contribution in [3.63, 3.8) is 0 Å². The number of nitrogens with one attached hydrogen (secondary N) is 1. The van der Waals surface area contributed by atoms with Gasteiger partial charge in [0.15, 0.2) is 16.4 Å². The number of para-hydroxylation sites is 1. The van der Waals surface area contributed by atoms with Crippen LogP contribution in [0.3, 0.4) is 0 Å². The van der Waals surface area contributed by atoms with E-state index in [9.17, 15) is 22.8 Å². The molecule has 0 aromatic heterocycles. The molecule has 0 spiro atoms. The maximum absolute atomic E-state index is 13.6. The Morgan fingerprint density at radius 2 is 1.74 bits per heavy atom. The number of carbonyl (C=O) groups is 3. The maximum atomic E-state index is 13.6. The van der Waals surface area contributed by atoms with Crippen LogP contribution < -0.4 is 10.1 Å². The highest BCUT2D eigenvalue weighted by Gasteiger charge is 2.33. The van der Waals surface area contributed by atoms with Gasteiger partial charge in [-0.3, -0.25) is 9.59 Å². The van der Waals surface area contributed by atoms with Crippen molar-refractivity contribution in [1.29, 1.82) is 0 Å². The molecule has 2 amide bonds. The third kappa shape index (κ3) is 6.03. The number of piperazine rings is 1. The molecular weight excluding hydrogens is 506 g/mol. The predicted molar refractivity (Wildman–Crippen MR) is 144 cm³/mol. The molecule has 1 fully saturated rings. The standard InChI is InChI=1S/C28H29N3O6S/c1-29-26-12-11-21(20-7-6-10-24(15-20)38(2,35)36)16-25(26)28(34)31-14-13-30(17-22(31)18-32)27(33)19-37-23-8-4-3-5-9-23/h3-12,15-16,18,22,29H,13-14,17,19H2,1-2H3. The second-order valence-corrected chi connectivity index (χ2v) is 11.0. The lowest BCUT2D eigenvalue weighted by atomic mass is 10.00. The van der Waals surface area contributed by atoms with E-state index in [0.717, 1.165) is 6.26 Å². The second-order valence-electron chi connectivity index (χ2n) is 8.95. The molecule has 1 heterocycles. The van der Waals surface area contributed by atoms with Gasteiger partial charge < -0.3 is 24.6 Å². The van der Waals surface area contributed by atoms with Crippen LogP contribution in [0.25, 0.3) is 11.1 Å². The molecule has 198 valence electrons. The van der Waals surface area contributed by atoms with Crippen molar-refractivity contribution in [2.75, 3.05) is 44.9 Å². The Bertz CT molecular complexity index is 1440. The van der Waals surface area contributed by atoms with Crippen molar-refractivity contribution in [2.24, 2.45) is 0 Å². The summed E-state index contributed by atoms with van der Waals surface area (Å²) < 4.78 is 29.6. The summed E-state index contributed by atoms with van der Waals surface area (Å²) in [7, 11) is -1.71. The Labute approximate surface area is 221 Å². The van der Waals surface area contributed by atoms with Crippen molar-refractivity contribution in [2.45, 2.75) is 10.9 Å². The smallest absolute Gasteiger partial charge is 0.260 e. The zero-order valence-electron chi connectivity index (χ0n) is 21.2. The number of sulfone groups is 1. The van der Waals surface area contributed by atoms with Crippen LogP contribution >= 0.6 is 0 Å². The molecule has 38 heavy (non-hydrogen) atoms. The summed E-state index contributed by atoms with van der Waals surface area (Å²) in [5, 5.41) is 3.01. The summed E-state index contributed by atoms with van der Waals surface area (Å²) in [6.45, 7) is 0.341. The third-order valence-electron chi connectivity index (χ3n) is 6.41. The Morgan fingerprint density at radius 1 is 1.00 bits per heavy atom. The lowest BCUT2D eigenvalue weighted by Crippen LogP contribution is -2.57. The molecule has 3 aromatic carbocycles. The van der Waals surface area contributed by atoms with E-state index in [0.29, 0.717) is 34.4 Å². The number of benzene rings is 3. The molecule has 1 aliphatic rings. The van der Waals surface area contributed by atoms with Gasteiger partial charge in [-0.15, -0.1) is 0 Å². The number of hydrogen-bond donors (Lipinski definition) is 1. The summed E-state index contributed by atoms with van der Waals surface area (Å²) in [5.74, 6) is -0.0557. The minimum atomic E-state index is -3.40. The van der Waals surface area contributed by atoms with Gasteiger partial charge in [0.05, 0.1) is 10.5 Å². The molecule has 3 aromatic rings. The van der Waals surface area contributed by atoms with Gasteiger partial charge >= 0.3 is 0 Å². The van der Waals surface area contributed by atoms with Gasteiger partial charge in [0, 0.05) is 38.6 Å². The first kappa shape index (κ1) is 26.9. The molecule has 9 nitrogen and oxygen atoms in total. The number of nitrogens with zero attached hydrogens (tertiary/aromatic N) is 2. The van der Waals surface area contributed by atoms with Crippen molar-refractivity contribution in [3.8, 4) is 16.9 Å². The largest absolute Gasteiger partial charge is 0.484 e. The van der Waals surface area contributed by atoms with E-state index in [4.69, 9.17) is 4.74 Å². The molecule has 0 aliphatic carbocycles. The van der Waals surface area contributed by atoms with Crippen molar-refractivity contribution < 1.29 is 27.5 Å². The van der Waals surface area contributed by atoms with E-state index in [1.807, 2.05) is 18.2 Å². The van der Waals surface area contributed by atoms with Gasteiger partial charge in [0.1, 0.15) is 18.1 Å². The Morgan fingerprint density at radius 3 is 2.42 bits per heavy atom. The van der Waals surface area contributed by atoms with Gasteiger partial charge in [-0.2, -0.15) is 0 Å². The third-order valence-corrected chi connectivity index (χ3v) is 7.52. The number of aldehydes is 1. The van der Waals surface area contributed by atoms with Crippen LogP contribution in [0, 0.1) is 0 Å². The number of hydrogen-bond acceptors (Lipinski definition) is 7. The summed E-state index contributed by atoms with van der Waals surface area (Å²) in [6, 6.07) is 19.9. The molecule has 0 radical (unpaired) electrons. The number of carbonyl (C=O) groups excluding carboxylic acids is 3. The first-order valence-corrected chi connectivity index (χ1v) is 13.9. The van der Waals surface area contributed by atoms with Crippen molar-refractivity contribution in [1.82, 2.24) is 9.80 Å². The number of anilines is 1. The Hall–Kier alpha value is -4.18. The van der Waals surface area contributed by atoms with Gasteiger partial charge in [0.25, 0.3) is 11.8 Å². The fourth-order valence-corrected chi connectivity index (χ4v) is 5.00. The highest BCUT2D eigenvalue weighted by molar-refractivity contribution is 7.90. The van der Waals surface area contributed by atoms with Gasteiger partial charge in [-0.05, 0) is 47.5 Å². The summed E-state index contributed by atoms with van der Waals surface area (Å²) >= 11 is 0. The topological polar surface area (TPSA) is 113 Å². The molecule has 0 saturated carbocycles. The summed E-state index contributed by atoms with van der Waals surface area (Å²) in [6.07, 6.45) is 1.82. The van der Waals surface area contributed by atoms with Crippen molar-refractivity contribution in [3.05, 3.63) is 78.4 Å². The second kappa shape index (κ2) is 11.5. The molecule has 1 aliphatic heterocycles. The van der Waals surface area contributed by atoms with E-state index in [1.54, 1.807) is 55.6 Å². The van der Waals surface area contributed by atoms with Crippen LogP contribution in [0.4, 0.5) is 5.69 Å². The molecule has 1 unspecified atom stereocenters. The molecule has 1 atom stereocenters. The Kier molecular flexibility index (Phi) is 8.11. The molecule has 1 N–H and O–H groups in total. The lowest BCUT2D eigenvalue weighted by molar-refractivity contribution is -0.136. The average molecular weight is 536 g/mol. The van der Waals surface area contributed by atoms with Crippen LogP contribution in [0.5, 0.6) is 5.75 Å². The van der Waals surface area contributed by atoms with Crippen LogP contribution in [0.1, 0.15) is 10.4 Å². The lowest BCUT2D eigenvalue weighted by Gasteiger charge is -2.39. The fourth-order valence-electron chi connectivity index (χ4n) is 4.34. The van der Waals surface area contributed by atoms with E-state index in [1.165, 1.54) is 15.9 Å². The first-order valence-electron chi connectivity index (χ1n) is 12.1. The number of ether oxygens (including phenoxy) is 1. The summed E-state index contributed by atoms with van der Waals surface area (Å²) in [4.78, 5) is 41.5. The number of rotatable bonds is 8. The SMILES string of the molecule is CNc1ccc(-c2cccc(S(C)(=O)=O)c2)cc1C(=O)N1CCN(C(=O)COc2ccccc2)CC1C=O. The average Bonchev–Trinajstić information content (AvgIpc) is 2.95. The fraction of sp³-hybridized carbons (Fsp3) is 0.250. The molecule has 1 saturated heterocycles. The predicted octanol–water partition coefficient (Wildman–Crippen LogP) is 2.73. The minimum Gasteiger partial charge on any atom is -0.484 e. The summed E-state index contributed by atoms with van der Waals surface area (Å²) in [5.41, 5.74) is 2.21. The van der Waals surface area contributed by atoms with Gasteiger partial charge in [-0.1, -0.05) is 36.4 Å². The van der Waals surface area contributed by atoms with E-state index in [-0.39, 0.29) is 43.0 Å². The van der Waals surface area contributed by atoms with Gasteiger partial charge in [-0.25, -0.2) is 8.42 Å². The van der Waals surface area contributed by atoms with Crippen LogP contribution in [0.2, 0.25) is 0 Å². The zero-order chi connectivity index (χ0) is 27.3. The number of amides is 2. The highest BCUT2D eigenvalue weighted by atomic mass is 32.2. The van der Waals surface area contributed by atoms with Crippen molar-refractivity contribution >= 4 is 33.6 Å². The van der Waals surface area contributed by atoms with Crippen LogP contribution in [0.15, 0.2) is 77.7 Å². The first-order chi connectivity index (χ1) is 18.2. The van der Waals surface area contributed by atoms with Crippen LogP contribution in [-0.4, -0.2) is 81.9 Å². The molecule has 4 rings (SSSR count). The molecule has 10 heteroatoms. The van der Waals surface area contributed by atoms with Gasteiger partial charge in [0.2, 0.25) is 0 Å². The zero-order valence-corrected chi connectivity index (χ0v) is 22.0. The monoisotopic (exact) mass is 535 g/mol.